The van der Waals surface area contributed by atoms with Crippen LogP contribution in [0.25, 0.3) is 11.1 Å². The van der Waals surface area contributed by atoms with Crippen LogP contribution in [0.1, 0.15) is 37.5 Å². The van der Waals surface area contributed by atoms with E-state index in [4.69, 9.17) is 26.8 Å². The van der Waals surface area contributed by atoms with E-state index in [9.17, 15) is 4.39 Å². The second-order valence-corrected chi connectivity index (χ2v) is 7.49. The first-order valence-electron chi connectivity index (χ1n) is 9.50. The summed E-state index contributed by atoms with van der Waals surface area (Å²) < 4.78 is 27.0. The highest BCUT2D eigenvalue weighted by Gasteiger charge is 2.18. The number of halogens is 2. The van der Waals surface area contributed by atoms with E-state index in [-0.39, 0.29) is 11.6 Å². The fourth-order valence-electron chi connectivity index (χ4n) is 3.42. The Bertz CT molecular complexity index is 1000. The van der Waals surface area contributed by atoms with Crippen molar-refractivity contribution in [2.45, 2.75) is 31.9 Å². The number of ether oxygens (including phenoxy) is 2. The molecule has 0 spiro atoms. The van der Waals surface area contributed by atoms with Gasteiger partial charge in [-0.2, -0.15) is 5.10 Å². The topological polar surface area (TPSA) is 75.2 Å². The molecule has 1 fully saturated rings. The lowest BCUT2D eigenvalue weighted by atomic mass is 10.1. The molecule has 0 unspecified atom stereocenters. The van der Waals surface area contributed by atoms with Crippen LogP contribution in [-0.4, -0.2) is 28.0 Å². The summed E-state index contributed by atoms with van der Waals surface area (Å²) in [6.45, 7) is 3.29. The summed E-state index contributed by atoms with van der Waals surface area (Å²) >= 11 is 6.19. The van der Waals surface area contributed by atoms with E-state index in [1.54, 1.807) is 19.3 Å². The van der Waals surface area contributed by atoms with Crippen molar-refractivity contribution in [2.24, 2.45) is 0 Å². The molecule has 0 aliphatic carbocycles. The Morgan fingerprint density at radius 2 is 2.03 bits per heavy atom. The van der Waals surface area contributed by atoms with E-state index >= 15 is 0 Å². The zero-order chi connectivity index (χ0) is 20.4. The normalized spacial score (nSPS) is 16.0. The van der Waals surface area contributed by atoms with Gasteiger partial charge in [-0.1, -0.05) is 11.6 Å². The van der Waals surface area contributed by atoms with Crippen LogP contribution in [0, 0.1) is 5.82 Å². The summed E-state index contributed by atoms with van der Waals surface area (Å²) in [4.78, 5) is 4.25. The third-order valence-corrected chi connectivity index (χ3v) is 5.43. The largest absolute Gasteiger partial charge is 0.482 e. The molecule has 1 aliphatic heterocycles. The lowest BCUT2D eigenvalue weighted by Gasteiger charge is -2.22. The number of hydrogen-bond donors (Lipinski definition) is 1. The minimum absolute atomic E-state index is 0.255. The molecule has 3 heterocycles. The quantitative estimate of drug-likeness (QED) is 0.645. The fraction of sp³-hybridized carbons (Fsp3) is 0.333. The molecule has 0 amide bonds. The maximum absolute atomic E-state index is 13.6. The van der Waals surface area contributed by atoms with Crippen LogP contribution >= 0.6 is 11.6 Å². The number of hydrogen-bond acceptors (Lipinski definition) is 5. The fourth-order valence-corrected chi connectivity index (χ4v) is 3.70. The van der Waals surface area contributed by atoms with Crippen molar-refractivity contribution in [3.05, 3.63) is 59.3 Å². The van der Waals surface area contributed by atoms with E-state index < -0.39 is 6.10 Å². The van der Waals surface area contributed by atoms with Gasteiger partial charge in [-0.25, -0.2) is 9.37 Å². The van der Waals surface area contributed by atoms with Crippen molar-refractivity contribution in [1.82, 2.24) is 14.8 Å². The second-order valence-electron chi connectivity index (χ2n) is 7.09. The third kappa shape index (κ3) is 4.36. The highest BCUT2D eigenvalue weighted by atomic mass is 35.5. The molecule has 1 aliphatic rings. The number of anilines is 1. The second kappa shape index (κ2) is 8.39. The first-order valence-corrected chi connectivity index (χ1v) is 9.88. The van der Waals surface area contributed by atoms with Gasteiger partial charge in [0.2, 0.25) is 0 Å². The lowest BCUT2D eigenvalue weighted by Crippen LogP contribution is -2.19. The van der Waals surface area contributed by atoms with Gasteiger partial charge < -0.3 is 15.2 Å². The first-order chi connectivity index (χ1) is 14.0. The van der Waals surface area contributed by atoms with Crippen LogP contribution in [0.2, 0.25) is 5.02 Å². The highest BCUT2D eigenvalue weighted by molar-refractivity contribution is 6.31. The van der Waals surface area contributed by atoms with Gasteiger partial charge in [0.1, 0.15) is 11.9 Å². The number of nitrogens with two attached hydrogens (primary N) is 1. The molecule has 0 saturated carbocycles. The van der Waals surface area contributed by atoms with Gasteiger partial charge in [0.25, 0.3) is 0 Å². The molecular weight excluding hydrogens is 395 g/mol. The van der Waals surface area contributed by atoms with Crippen molar-refractivity contribution < 1.29 is 13.9 Å². The average Bonchev–Trinajstić information content (AvgIpc) is 3.22. The Kier molecular flexibility index (Phi) is 5.69. The van der Waals surface area contributed by atoms with E-state index in [0.29, 0.717) is 22.4 Å². The Morgan fingerprint density at radius 3 is 2.83 bits per heavy atom. The summed E-state index contributed by atoms with van der Waals surface area (Å²) in [5.74, 6) is 0.291. The zero-order valence-corrected chi connectivity index (χ0v) is 16.8. The summed E-state index contributed by atoms with van der Waals surface area (Å²) in [7, 11) is 0. The summed E-state index contributed by atoms with van der Waals surface area (Å²) in [5, 5.41) is 4.93. The van der Waals surface area contributed by atoms with E-state index in [1.165, 1.54) is 18.2 Å². The number of nitrogen functional groups attached to an aromatic ring is 1. The van der Waals surface area contributed by atoms with Crippen LogP contribution in [0.4, 0.5) is 10.2 Å². The lowest BCUT2D eigenvalue weighted by molar-refractivity contribution is 0.0662. The Hall–Kier alpha value is -2.64. The SMILES string of the molecule is C[C@H](Oc1cc(-c2cnn(C3CCOCC3)c2)cnc1N)c1cc(F)ccc1Cl. The number of rotatable bonds is 5. The predicted molar refractivity (Wildman–Crippen MR) is 109 cm³/mol. The van der Waals surface area contributed by atoms with Crippen molar-refractivity contribution in [1.29, 1.82) is 0 Å². The first kappa shape index (κ1) is 19.7. The molecule has 1 atom stereocenters. The highest BCUT2D eigenvalue weighted by Crippen LogP contribution is 2.33. The molecule has 6 nitrogen and oxygen atoms in total. The van der Waals surface area contributed by atoms with Crippen LogP contribution in [0.3, 0.4) is 0 Å². The van der Waals surface area contributed by atoms with Crippen molar-refractivity contribution in [3.8, 4) is 16.9 Å². The van der Waals surface area contributed by atoms with Crippen molar-refractivity contribution in [3.63, 3.8) is 0 Å². The molecule has 4 rings (SSSR count). The number of pyridine rings is 1. The molecular formula is C21H22ClFN4O2. The predicted octanol–water partition coefficient (Wildman–Crippen LogP) is 4.81. The summed E-state index contributed by atoms with van der Waals surface area (Å²) in [5.41, 5.74) is 8.31. The number of aromatic nitrogens is 3. The monoisotopic (exact) mass is 416 g/mol. The van der Waals surface area contributed by atoms with Gasteiger partial charge in [-0.15, -0.1) is 0 Å². The third-order valence-electron chi connectivity index (χ3n) is 5.08. The minimum Gasteiger partial charge on any atom is -0.482 e. The molecule has 2 aromatic heterocycles. The molecule has 0 radical (unpaired) electrons. The molecule has 8 heteroatoms. The van der Waals surface area contributed by atoms with Gasteiger partial charge in [0, 0.05) is 47.3 Å². The standard InChI is InChI=1S/C21H22ClFN4O2/c1-13(18-9-16(23)2-3-19(18)22)29-20-8-14(10-25-21(20)24)15-11-26-27(12-15)17-4-6-28-7-5-17/h2-3,8-13,17H,4-7H2,1H3,(H2,24,25)/t13-/m0/s1. The zero-order valence-electron chi connectivity index (χ0n) is 16.0. The summed E-state index contributed by atoms with van der Waals surface area (Å²) in [6.07, 6.45) is 6.89. The molecule has 1 saturated heterocycles. The Balaban J connectivity index is 1.56. The molecule has 3 aromatic rings. The number of benzene rings is 1. The van der Waals surface area contributed by atoms with Crippen LogP contribution < -0.4 is 10.5 Å². The maximum Gasteiger partial charge on any atom is 0.166 e. The van der Waals surface area contributed by atoms with Gasteiger partial charge in [0.15, 0.2) is 11.6 Å². The van der Waals surface area contributed by atoms with Gasteiger partial charge in [-0.05, 0) is 44.0 Å². The summed E-state index contributed by atoms with van der Waals surface area (Å²) in [6, 6.07) is 6.33. The smallest absolute Gasteiger partial charge is 0.166 e. The maximum atomic E-state index is 13.6. The molecule has 29 heavy (non-hydrogen) atoms. The molecule has 1 aromatic carbocycles. The average molecular weight is 417 g/mol. The van der Waals surface area contributed by atoms with E-state index in [0.717, 1.165) is 37.2 Å². The van der Waals surface area contributed by atoms with Crippen LogP contribution in [0.5, 0.6) is 5.75 Å². The molecule has 0 bridgehead atoms. The minimum atomic E-state index is -0.498. The van der Waals surface area contributed by atoms with E-state index in [2.05, 4.69) is 10.1 Å². The van der Waals surface area contributed by atoms with Gasteiger partial charge >= 0.3 is 0 Å². The Morgan fingerprint density at radius 1 is 1.24 bits per heavy atom. The molecule has 152 valence electrons. The Labute approximate surface area is 173 Å². The molecule has 2 N–H and O–H groups in total. The van der Waals surface area contributed by atoms with Crippen LogP contribution in [0.15, 0.2) is 42.9 Å². The van der Waals surface area contributed by atoms with Crippen molar-refractivity contribution in [2.75, 3.05) is 18.9 Å². The van der Waals surface area contributed by atoms with Crippen LogP contribution in [-0.2, 0) is 4.74 Å². The van der Waals surface area contributed by atoms with E-state index in [1.807, 2.05) is 16.9 Å². The van der Waals surface area contributed by atoms with Gasteiger partial charge in [0.05, 0.1) is 12.2 Å². The van der Waals surface area contributed by atoms with Gasteiger partial charge in [-0.3, -0.25) is 4.68 Å². The van der Waals surface area contributed by atoms with Crippen molar-refractivity contribution >= 4 is 17.4 Å². The number of nitrogens with zero attached hydrogens (tertiary/aromatic N) is 3.